The molecule has 36 heavy (non-hydrogen) atoms. The van der Waals surface area contributed by atoms with Gasteiger partial charge in [0, 0.05) is 17.6 Å². The quantitative estimate of drug-likeness (QED) is 0.434. The van der Waals surface area contributed by atoms with Crippen LogP contribution in [0.1, 0.15) is 98.7 Å². The van der Waals surface area contributed by atoms with Crippen LogP contribution >= 0.6 is 0 Å². The molecule has 1 aromatic carbocycles. The molecular formula is C29H45N3O4. The minimum Gasteiger partial charge on any atom is -0.444 e. The van der Waals surface area contributed by atoms with Gasteiger partial charge in [-0.25, -0.2) is 4.79 Å². The van der Waals surface area contributed by atoms with Crippen LogP contribution < -0.4 is 10.6 Å². The van der Waals surface area contributed by atoms with E-state index in [1.165, 1.54) is 0 Å². The Morgan fingerprint density at radius 1 is 1.08 bits per heavy atom. The fourth-order valence-corrected chi connectivity index (χ4v) is 3.75. The van der Waals surface area contributed by atoms with Crippen LogP contribution in [0.2, 0.25) is 0 Å². The van der Waals surface area contributed by atoms with E-state index in [1.54, 1.807) is 43.9 Å². The number of carbonyl (C=O) groups is 3. The first-order valence-corrected chi connectivity index (χ1v) is 12.8. The maximum absolute atomic E-state index is 14.2. The Morgan fingerprint density at radius 2 is 1.69 bits per heavy atom. The molecule has 1 rings (SSSR count). The Labute approximate surface area is 217 Å². The summed E-state index contributed by atoms with van der Waals surface area (Å²) in [6, 6.07) is 5.34. The van der Waals surface area contributed by atoms with Crippen molar-refractivity contribution in [3.05, 3.63) is 35.4 Å². The molecule has 2 N–H and O–H groups in total. The van der Waals surface area contributed by atoms with Gasteiger partial charge in [-0.05, 0) is 65.5 Å². The molecule has 0 aliphatic carbocycles. The molecule has 0 aliphatic rings. The van der Waals surface area contributed by atoms with Gasteiger partial charge in [-0.1, -0.05) is 57.7 Å². The zero-order valence-electron chi connectivity index (χ0n) is 23.5. The number of carbonyl (C=O) groups excluding carboxylic acids is 3. The summed E-state index contributed by atoms with van der Waals surface area (Å²) in [5.41, 5.74) is -0.117. The Morgan fingerprint density at radius 3 is 2.19 bits per heavy atom. The number of hydrogen-bond acceptors (Lipinski definition) is 4. The second kappa shape index (κ2) is 13.3. The lowest BCUT2D eigenvalue weighted by Gasteiger charge is -2.37. The number of amides is 3. The van der Waals surface area contributed by atoms with Crippen molar-refractivity contribution in [2.45, 2.75) is 105 Å². The van der Waals surface area contributed by atoms with Crippen molar-refractivity contribution >= 4 is 17.9 Å². The fourth-order valence-electron chi connectivity index (χ4n) is 3.75. The van der Waals surface area contributed by atoms with Gasteiger partial charge in [0.25, 0.3) is 0 Å². The molecule has 0 saturated heterocycles. The van der Waals surface area contributed by atoms with Gasteiger partial charge in [0.15, 0.2) is 0 Å². The molecule has 0 heterocycles. The highest BCUT2D eigenvalue weighted by Gasteiger charge is 2.39. The van der Waals surface area contributed by atoms with Gasteiger partial charge in [-0.15, -0.1) is 6.42 Å². The van der Waals surface area contributed by atoms with Crippen LogP contribution in [0.5, 0.6) is 0 Å². The zero-order chi connectivity index (χ0) is 27.7. The summed E-state index contributed by atoms with van der Waals surface area (Å²) in [6.07, 6.45) is 7.27. The molecule has 7 heteroatoms. The first kappa shape index (κ1) is 31.0. The van der Waals surface area contributed by atoms with Crippen molar-refractivity contribution in [3.63, 3.8) is 0 Å². The third-order valence-electron chi connectivity index (χ3n) is 5.66. The molecule has 0 fully saturated rings. The molecule has 0 radical (unpaired) electrons. The van der Waals surface area contributed by atoms with Gasteiger partial charge >= 0.3 is 6.09 Å². The average molecular weight is 500 g/mol. The predicted octanol–water partition coefficient (Wildman–Crippen LogP) is 5.19. The van der Waals surface area contributed by atoms with Crippen molar-refractivity contribution < 1.29 is 19.1 Å². The molecule has 0 saturated carbocycles. The Kier molecular flexibility index (Phi) is 11.5. The van der Waals surface area contributed by atoms with Crippen LogP contribution in [0.15, 0.2) is 24.3 Å². The van der Waals surface area contributed by atoms with E-state index >= 15 is 0 Å². The first-order chi connectivity index (χ1) is 16.6. The SMILES string of the molecule is C#Cc1ccccc1C(C(=O)NC(C)(C)C)N(CCCC)C(=O)C(NC(=O)OC(C)(C)C)C(C)CC. The molecule has 7 nitrogen and oxygen atoms in total. The number of nitrogens with one attached hydrogen (secondary N) is 2. The standard InChI is InChI=1S/C29H45N3O4/c1-11-14-19-32(26(34)23(20(4)12-2)30-27(35)36-29(8,9)10)24(25(33)31-28(5,6)7)22-18-16-15-17-21(22)13-3/h3,15-18,20,23-24H,11-12,14,19H2,1-2,4-10H3,(H,30,35)(H,31,33). The first-order valence-electron chi connectivity index (χ1n) is 12.8. The molecule has 1 aromatic rings. The second-order valence-corrected chi connectivity index (χ2v) is 11.3. The van der Waals surface area contributed by atoms with Gasteiger partial charge < -0.3 is 20.3 Å². The van der Waals surface area contributed by atoms with Crippen molar-refractivity contribution in [1.82, 2.24) is 15.5 Å². The highest BCUT2D eigenvalue weighted by molar-refractivity contribution is 5.93. The van der Waals surface area contributed by atoms with E-state index in [1.807, 2.05) is 47.6 Å². The minimum atomic E-state index is -0.956. The van der Waals surface area contributed by atoms with E-state index in [0.29, 0.717) is 30.5 Å². The van der Waals surface area contributed by atoms with Crippen molar-refractivity contribution in [2.75, 3.05) is 6.54 Å². The number of alkyl carbamates (subject to hydrolysis) is 1. The molecule has 3 unspecified atom stereocenters. The predicted molar refractivity (Wildman–Crippen MR) is 144 cm³/mol. The summed E-state index contributed by atoms with van der Waals surface area (Å²) in [5, 5.41) is 5.80. The van der Waals surface area contributed by atoms with Crippen molar-refractivity contribution in [2.24, 2.45) is 5.92 Å². The molecule has 0 bridgehead atoms. The second-order valence-electron chi connectivity index (χ2n) is 11.3. The lowest BCUT2D eigenvalue weighted by Crippen LogP contribution is -2.56. The zero-order valence-corrected chi connectivity index (χ0v) is 23.5. The summed E-state index contributed by atoms with van der Waals surface area (Å²) < 4.78 is 5.44. The van der Waals surface area contributed by atoms with Crippen LogP contribution in [-0.4, -0.2) is 46.5 Å². The summed E-state index contributed by atoms with van der Waals surface area (Å²) in [5.74, 6) is 1.80. The summed E-state index contributed by atoms with van der Waals surface area (Å²) in [4.78, 5) is 42.1. The molecule has 0 aliphatic heterocycles. The Bertz CT molecular complexity index is 937. The highest BCUT2D eigenvalue weighted by Crippen LogP contribution is 2.28. The maximum Gasteiger partial charge on any atom is 0.408 e. The topological polar surface area (TPSA) is 87.7 Å². The maximum atomic E-state index is 14.2. The molecule has 0 aromatic heterocycles. The monoisotopic (exact) mass is 499 g/mol. The lowest BCUT2D eigenvalue weighted by atomic mass is 9.93. The van der Waals surface area contributed by atoms with Gasteiger partial charge in [0.2, 0.25) is 11.8 Å². The van der Waals surface area contributed by atoms with Crippen molar-refractivity contribution in [3.8, 4) is 12.3 Å². The van der Waals surface area contributed by atoms with Crippen molar-refractivity contribution in [1.29, 1.82) is 0 Å². The average Bonchev–Trinajstić information content (AvgIpc) is 2.76. The number of benzene rings is 1. The fraction of sp³-hybridized carbons (Fsp3) is 0.621. The van der Waals surface area contributed by atoms with Gasteiger partial charge in [-0.3, -0.25) is 9.59 Å². The molecule has 3 amide bonds. The third-order valence-corrected chi connectivity index (χ3v) is 5.66. The molecule has 200 valence electrons. The van der Waals surface area contributed by atoms with Crippen LogP contribution in [0.4, 0.5) is 4.79 Å². The third kappa shape index (κ3) is 9.56. The number of nitrogens with zero attached hydrogens (tertiary/aromatic N) is 1. The molecule has 3 atom stereocenters. The van der Waals surface area contributed by atoms with Gasteiger partial charge in [0.1, 0.15) is 17.7 Å². The van der Waals surface area contributed by atoms with E-state index in [0.717, 1.165) is 6.42 Å². The largest absolute Gasteiger partial charge is 0.444 e. The van der Waals surface area contributed by atoms with Crippen LogP contribution in [0, 0.1) is 18.3 Å². The van der Waals surface area contributed by atoms with E-state index < -0.39 is 29.3 Å². The number of terminal acetylenes is 1. The van der Waals surface area contributed by atoms with Gasteiger partial charge in [0.05, 0.1) is 0 Å². The molecular weight excluding hydrogens is 454 g/mol. The van der Waals surface area contributed by atoms with E-state index in [9.17, 15) is 14.4 Å². The number of rotatable bonds is 10. The normalized spacial score (nSPS) is 14.1. The summed E-state index contributed by atoms with van der Waals surface area (Å²) in [6.45, 7) is 17.2. The highest BCUT2D eigenvalue weighted by atomic mass is 16.6. The van der Waals surface area contributed by atoms with Gasteiger partial charge in [-0.2, -0.15) is 0 Å². The van der Waals surface area contributed by atoms with Crippen LogP contribution in [0.25, 0.3) is 0 Å². The molecule has 0 spiro atoms. The van der Waals surface area contributed by atoms with Crippen LogP contribution in [-0.2, 0) is 14.3 Å². The lowest BCUT2D eigenvalue weighted by molar-refractivity contribution is -0.144. The summed E-state index contributed by atoms with van der Waals surface area (Å²) >= 11 is 0. The minimum absolute atomic E-state index is 0.191. The Balaban J connectivity index is 3.62. The Hall–Kier alpha value is -3.01. The smallest absolute Gasteiger partial charge is 0.408 e. The number of hydrogen-bond donors (Lipinski definition) is 2. The van der Waals surface area contributed by atoms with Crippen LogP contribution in [0.3, 0.4) is 0 Å². The van der Waals surface area contributed by atoms with E-state index in [-0.39, 0.29) is 17.7 Å². The number of unbranched alkanes of at least 4 members (excludes halogenated alkanes) is 1. The van der Waals surface area contributed by atoms with E-state index in [4.69, 9.17) is 11.2 Å². The summed E-state index contributed by atoms with van der Waals surface area (Å²) in [7, 11) is 0. The van der Waals surface area contributed by atoms with E-state index in [2.05, 4.69) is 16.6 Å². The number of ether oxygens (including phenoxy) is 1.